The van der Waals surface area contributed by atoms with Crippen LogP contribution in [0.3, 0.4) is 0 Å². The van der Waals surface area contributed by atoms with Crippen LogP contribution < -0.4 is 6.64 Å². The second-order valence-electron chi connectivity index (χ2n) is 9.57. The molecule has 4 aromatic carbocycles. The van der Waals surface area contributed by atoms with E-state index in [1.54, 1.807) is 0 Å². The predicted octanol–water partition coefficient (Wildman–Crippen LogP) is 6.76. The van der Waals surface area contributed by atoms with E-state index in [-0.39, 0.29) is 0 Å². The summed E-state index contributed by atoms with van der Waals surface area (Å²) < 4.78 is 2.59. The summed E-state index contributed by atoms with van der Waals surface area (Å²) in [6.45, 7) is 4.75. The van der Waals surface area contributed by atoms with Crippen molar-refractivity contribution in [2.75, 3.05) is 0 Å². The average molecular weight is 639 g/mol. The van der Waals surface area contributed by atoms with Crippen LogP contribution in [0.2, 0.25) is 13.1 Å². The van der Waals surface area contributed by atoms with Gasteiger partial charge in [-0.25, -0.2) is 0 Å². The molecular weight excluding hydrogens is 614 g/mol. The van der Waals surface area contributed by atoms with Crippen molar-refractivity contribution in [2.24, 2.45) is 0 Å². The minimum atomic E-state index is -4.72. The molecule has 0 saturated heterocycles. The van der Waals surface area contributed by atoms with Gasteiger partial charge in [0, 0.05) is 0 Å². The molecule has 0 aliphatic heterocycles. The van der Waals surface area contributed by atoms with Crippen molar-refractivity contribution in [3.63, 3.8) is 0 Å². The van der Waals surface area contributed by atoms with Crippen molar-refractivity contribution in [1.82, 2.24) is 0 Å². The molecule has 0 saturated carbocycles. The van der Waals surface area contributed by atoms with Crippen LogP contribution in [0.25, 0.3) is 22.3 Å². The topological polar surface area (TPSA) is 0 Å². The molecule has 159 valence electrons. The fraction of sp³-hybridized carbons (Fsp3) is 0.143. The summed E-state index contributed by atoms with van der Waals surface area (Å²) >= 11 is -4.72. The number of benzene rings is 4. The summed E-state index contributed by atoms with van der Waals surface area (Å²) in [6, 6.07) is 30.9. The molecule has 0 spiro atoms. The van der Waals surface area contributed by atoms with Crippen LogP contribution in [-0.2, 0) is 28.1 Å². The molecule has 0 radical (unpaired) electrons. The number of fused-ring (bicyclic) bond motifs is 6. The Labute approximate surface area is 199 Å². The zero-order valence-corrected chi connectivity index (χ0v) is 24.6. The van der Waals surface area contributed by atoms with Gasteiger partial charge in [-0.05, 0) is 0 Å². The standard InChI is InChI=1S/2C13H9.C2H7Si.2ClH.Hf/c2*1-3-7-12-10(5-1)9-11-6-2-4-8-13(11)12;1-3-2;;;/h2*1-5,7-8H,9H2;3H,1-2H3;2*1H;/q;;;;;+2/p-2. The van der Waals surface area contributed by atoms with Crippen LogP contribution in [0, 0.1) is 0 Å². The van der Waals surface area contributed by atoms with Crippen LogP contribution in [0.1, 0.15) is 22.3 Å². The Kier molecular flexibility index (Phi) is 4.80. The average Bonchev–Trinajstić information content (AvgIpc) is 3.37. The molecule has 0 heterocycles. The third-order valence-electron chi connectivity index (χ3n) is 7.70. The predicted molar refractivity (Wildman–Crippen MR) is 139 cm³/mol. The first-order chi connectivity index (χ1) is 15.4. The second-order valence-corrected chi connectivity index (χ2v) is 65.8. The summed E-state index contributed by atoms with van der Waals surface area (Å²) in [5, 5.41) is 0. The van der Waals surface area contributed by atoms with Crippen molar-refractivity contribution < 1.29 is 15.3 Å². The van der Waals surface area contributed by atoms with E-state index in [1.165, 1.54) is 51.1 Å². The molecule has 0 nitrogen and oxygen atoms in total. The zero-order valence-electron chi connectivity index (χ0n) is 18.3. The van der Waals surface area contributed by atoms with E-state index in [1.807, 2.05) is 0 Å². The van der Waals surface area contributed by atoms with Gasteiger partial charge in [0.05, 0.1) is 0 Å². The Bertz CT molecular complexity index is 1310. The van der Waals surface area contributed by atoms with E-state index in [2.05, 4.69) is 98.0 Å². The van der Waals surface area contributed by atoms with Gasteiger partial charge in [-0.15, -0.1) is 0 Å². The van der Waals surface area contributed by atoms with Gasteiger partial charge in [0.2, 0.25) is 0 Å². The maximum atomic E-state index is 8.08. The number of rotatable bonds is 3. The Morgan fingerprint density at radius 2 is 0.969 bits per heavy atom. The minimum absolute atomic E-state index is 0.934. The SMILES string of the molecule is C[SiH](C)[Hf]([Cl])([Cl])([c]1cccc2c1Cc1ccccc1-2)[c]1cccc2c1Cc1ccccc1-2. The van der Waals surface area contributed by atoms with Crippen molar-refractivity contribution in [2.45, 2.75) is 25.9 Å². The third kappa shape index (κ3) is 2.76. The van der Waals surface area contributed by atoms with Gasteiger partial charge in [0.1, 0.15) is 0 Å². The number of hydrogen-bond acceptors (Lipinski definition) is 0. The Morgan fingerprint density at radius 1 is 0.562 bits per heavy atom. The summed E-state index contributed by atoms with van der Waals surface area (Å²) in [7, 11) is 16.2. The molecule has 0 amide bonds. The van der Waals surface area contributed by atoms with E-state index in [4.69, 9.17) is 17.2 Å². The first-order valence-corrected chi connectivity index (χ1v) is 33.0. The molecule has 4 aromatic rings. The quantitative estimate of drug-likeness (QED) is 0.188. The van der Waals surface area contributed by atoms with E-state index < -0.39 is 21.3 Å². The van der Waals surface area contributed by atoms with E-state index in [9.17, 15) is 0 Å². The van der Waals surface area contributed by atoms with Crippen molar-refractivity contribution in [1.29, 1.82) is 0 Å². The van der Waals surface area contributed by atoms with Gasteiger partial charge in [-0.2, -0.15) is 0 Å². The van der Waals surface area contributed by atoms with Crippen LogP contribution in [0.4, 0.5) is 0 Å². The Morgan fingerprint density at radius 3 is 1.41 bits per heavy atom. The van der Waals surface area contributed by atoms with Gasteiger partial charge in [0.15, 0.2) is 0 Å². The molecule has 0 N–H and O–H groups in total. The second kappa shape index (κ2) is 7.27. The molecule has 2 aliphatic rings. The Balaban J connectivity index is 1.63. The summed E-state index contributed by atoms with van der Waals surface area (Å²) in [5.41, 5.74) is 10.9. The number of hydrogen-bond donors (Lipinski definition) is 0. The first kappa shape index (κ1) is 21.1. The molecule has 0 aromatic heterocycles. The normalized spacial score (nSPS) is 15.0. The molecule has 0 bridgehead atoms. The summed E-state index contributed by atoms with van der Waals surface area (Å²) in [6.07, 6.45) is 1.87. The molecule has 0 fully saturated rings. The van der Waals surface area contributed by atoms with Gasteiger partial charge < -0.3 is 0 Å². The van der Waals surface area contributed by atoms with Crippen LogP contribution >= 0.6 is 17.2 Å². The van der Waals surface area contributed by atoms with Crippen LogP contribution in [0.5, 0.6) is 0 Å². The molecule has 32 heavy (non-hydrogen) atoms. The van der Waals surface area contributed by atoms with Gasteiger partial charge in [-0.1, -0.05) is 0 Å². The fourth-order valence-corrected chi connectivity index (χ4v) is 40.3. The number of halogens is 2. The molecule has 0 atom stereocenters. The van der Waals surface area contributed by atoms with Crippen molar-refractivity contribution in [3.8, 4) is 22.3 Å². The summed E-state index contributed by atoms with van der Waals surface area (Å²) in [4.78, 5) is 0. The maximum absolute atomic E-state index is 8.08. The van der Waals surface area contributed by atoms with Crippen LogP contribution in [-0.4, -0.2) is 5.98 Å². The monoisotopic (exact) mass is 639 g/mol. The van der Waals surface area contributed by atoms with Gasteiger partial charge >= 0.3 is 200 Å². The summed E-state index contributed by atoms with van der Waals surface area (Å²) in [5.74, 6) is -1.48. The molecule has 6 rings (SSSR count). The zero-order chi connectivity index (χ0) is 22.1. The molecular formula is C28H25Cl2HfSi. The van der Waals surface area contributed by atoms with E-state index >= 15 is 0 Å². The van der Waals surface area contributed by atoms with E-state index in [0.29, 0.717) is 0 Å². The van der Waals surface area contributed by atoms with Crippen LogP contribution in [0.15, 0.2) is 84.9 Å². The van der Waals surface area contributed by atoms with Gasteiger partial charge in [0.25, 0.3) is 0 Å². The van der Waals surface area contributed by atoms with Crippen molar-refractivity contribution in [3.05, 3.63) is 107 Å². The molecule has 4 heteroatoms. The fourth-order valence-electron chi connectivity index (χ4n) is 5.94. The first-order valence-electron chi connectivity index (χ1n) is 11.4. The van der Waals surface area contributed by atoms with Gasteiger partial charge in [-0.3, -0.25) is 0 Å². The van der Waals surface area contributed by atoms with Crippen molar-refractivity contribution >= 4 is 29.8 Å². The third-order valence-corrected chi connectivity index (χ3v) is 75.2. The molecule has 0 unspecified atom stereocenters. The molecule has 2 aliphatic carbocycles. The van der Waals surface area contributed by atoms with E-state index in [0.717, 1.165) is 12.8 Å². The Hall–Kier alpha value is -1.45.